The van der Waals surface area contributed by atoms with Gasteiger partial charge in [-0.1, -0.05) is 37.3 Å². The van der Waals surface area contributed by atoms with Crippen LogP contribution in [0.3, 0.4) is 0 Å². The SMILES string of the molecule is CCCN(Cc1ccsc1)S(=O)(=O)CCc1ccccc1. The maximum absolute atomic E-state index is 12.5. The molecule has 0 N–H and O–H groups in total. The quantitative estimate of drug-likeness (QED) is 0.745. The van der Waals surface area contributed by atoms with Gasteiger partial charge in [0.1, 0.15) is 0 Å². The lowest BCUT2D eigenvalue weighted by Gasteiger charge is -2.21. The third kappa shape index (κ3) is 4.95. The molecule has 0 amide bonds. The molecule has 1 aromatic heterocycles. The maximum atomic E-state index is 12.5. The first kappa shape index (κ1) is 16.2. The van der Waals surface area contributed by atoms with Crippen molar-refractivity contribution < 1.29 is 8.42 Å². The first-order chi connectivity index (χ1) is 10.1. The van der Waals surface area contributed by atoms with Crippen LogP contribution in [0.15, 0.2) is 47.2 Å². The van der Waals surface area contributed by atoms with Crippen LogP contribution in [-0.2, 0) is 23.0 Å². The van der Waals surface area contributed by atoms with E-state index in [1.165, 1.54) is 0 Å². The standard InChI is InChI=1S/C16H21NO2S2/c1-2-10-17(13-16-8-11-20-14-16)21(18,19)12-9-15-6-4-3-5-7-15/h3-8,11,14H,2,9-10,12-13H2,1H3. The van der Waals surface area contributed by atoms with Crippen LogP contribution in [-0.4, -0.2) is 25.0 Å². The minimum absolute atomic E-state index is 0.168. The van der Waals surface area contributed by atoms with Gasteiger partial charge in [-0.15, -0.1) is 0 Å². The monoisotopic (exact) mass is 323 g/mol. The van der Waals surface area contributed by atoms with Gasteiger partial charge in [0, 0.05) is 13.1 Å². The number of nitrogens with zero attached hydrogens (tertiary/aromatic N) is 1. The maximum Gasteiger partial charge on any atom is 0.214 e. The Morgan fingerprint density at radius 2 is 1.86 bits per heavy atom. The molecule has 0 fully saturated rings. The molecule has 0 aliphatic carbocycles. The third-order valence-corrected chi connectivity index (χ3v) is 5.85. The molecule has 0 spiro atoms. The predicted octanol–water partition coefficient (Wildman–Crippen LogP) is 3.53. The molecule has 2 rings (SSSR count). The first-order valence-electron chi connectivity index (χ1n) is 7.14. The molecule has 0 unspecified atom stereocenters. The summed E-state index contributed by atoms with van der Waals surface area (Å²) >= 11 is 1.60. The Hall–Kier alpha value is -1.17. The average Bonchev–Trinajstić information content (AvgIpc) is 2.99. The van der Waals surface area contributed by atoms with Gasteiger partial charge in [0.25, 0.3) is 0 Å². The van der Waals surface area contributed by atoms with Crippen LogP contribution in [0.2, 0.25) is 0 Å². The second kappa shape index (κ2) is 7.73. The fraction of sp³-hybridized carbons (Fsp3) is 0.375. The minimum atomic E-state index is -3.22. The van der Waals surface area contributed by atoms with Crippen molar-refractivity contribution in [1.82, 2.24) is 4.31 Å². The highest BCUT2D eigenvalue weighted by Gasteiger charge is 2.21. The Labute approximate surface area is 131 Å². The largest absolute Gasteiger partial charge is 0.214 e. The number of benzene rings is 1. The summed E-state index contributed by atoms with van der Waals surface area (Å²) in [4.78, 5) is 0. The molecule has 0 radical (unpaired) electrons. The third-order valence-electron chi connectivity index (χ3n) is 3.30. The second-order valence-electron chi connectivity index (χ2n) is 5.02. The highest BCUT2D eigenvalue weighted by molar-refractivity contribution is 7.89. The van der Waals surface area contributed by atoms with Crippen molar-refractivity contribution in [3.63, 3.8) is 0 Å². The van der Waals surface area contributed by atoms with E-state index in [2.05, 4.69) is 0 Å². The highest BCUT2D eigenvalue weighted by Crippen LogP contribution is 2.14. The molecule has 0 bridgehead atoms. The predicted molar refractivity (Wildman–Crippen MR) is 89.0 cm³/mol. The molecule has 3 nitrogen and oxygen atoms in total. The van der Waals surface area contributed by atoms with E-state index in [9.17, 15) is 8.42 Å². The van der Waals surface area contributed by atoms with E-state index in [0.29, 0.717) is 19.5 Å². The Kier molecular flexibility index (Phi) is 5.96. The van der Waals surface area contributed by atoms with Crippen molar-refractivity contribution >= 4 is 21.4 Å². The molecule has 5 heteroatoms. The molecule has 0 aliphatic heterocycles. The summed E-state index contributed by atoms with van der Waals surface area (Å²) in [6.45, 7) is 3.06. The summed E-state index contributed by atoms with van der Waals surface area (Å²) < 4.78 is 26.7. The zero-order chi connectivity index (χ0) is 15.1. The summed E-state index contributed by atoms with van der Waals surface area (Å²) in [5.41, 5.74) is 2.13. The van der Waals surface area contributed by atoms with E-state index in [1.807, 2.05) is 54.1 Å². The van der Waals surface area contributed by atoms with Crippen LogP contribution < -0.4 is 0 Å². The van der Waals surface area contributed by atoms with Crippen molar-refractivity contribution in [1.29, 1.82) is 0 Å². The van der Waals surface area contributed by atoms with E-state index in [-0.39, 0.29) is 5.75 Å². The van der Waals surface area contributed by atoms with Gasteiger partial charge in [-0.2, -0.15) is 15.6 Å². The van der Waals surface area contributed by atoms with E-state index < -0.39 is 10.0 Å². The van der Waals surface area contributed by atoms with Gasteiger partial charge in [-0.25, -0.2) is 8.42 Å². The van der Waals surface area contributed by atoms with Crippen LogP contribution in [0, 0.1) is 0 Å². The lowest BCUT2D eigenvalue weighted by molar-refractivity contribution is 0.406. The molecule has 1 heterocycles. The van der Waals surface area contributed by atoms with Crippen molar-refractivity contribution in [3.8, 4) is 0 Å². The molecular formula is C16H21NO2S2. The fourth-order valence-electron chi connectivity index (χ4n) is 2.17. The van der Waals surface area contributed by atoms with Crippen LogP contribution >= 0.6 is 11.3 Å². The molecule has 0 saturated heterocycles. The Bertz CT molecular complexity index is 622. The Morgan fingerprint density at radius 1 is 1.10 bits per heavy atom. The summed E-state index contributed by atoms with van der Waals surface area (Å²) in [6.07, 6.45) is 1.39. The molecule has 0 saturated carbocycles. The van der Waals surface area contributed by atoms with Gasteiger partial charge in [0.05, 0.1) is 5.75 Å². The van der Waals surface area contributed by atoms with Gasteiger partial charge in [0.2, 0.25) is 10.0 Å². The lowest BCUT2D eigenvalue weighted by Crippen LogP contribution is -2.33. The van der Waals surface area contributed by atoms with E-state index in [0.717, 1.165) is 17.5 Å². The number of rotatable bonds is 8. The van der Waals surface area contributed by atoms with Crippen LogP contribution in [0.25, 0.3) is 0 Å². The molecular weight excluding hydrogens is 302 g/mol. The van der Waals surface area contributed by atoms with Crippen molar-refractivity contribution in [2.75, 3.05) is 12.3 Å². The molecule has 114 valence electrons. The van der Waals surface area contributed by atoms with Gasteiger partial charge < -0.3 is 0 Å². The normalized spacial score (nSPS) is 11.9. The highest BCUT2D eigenvalue weighted by atomic mass is 32.2. The summed E-state index contributed by atoms with van der Waals surface area (Å²) in [5.74, 6) is 0.168. The Balaban J connectivity index is 2.03. The van der Waals surface area contributed by atoms with Crippen molar-refractivity contribution in [3.05, 3.63) is 58.3 Å². The average molecular weight is 323 g/mol. The van der Waals surface area contributed by atoms with Crippen LogP contribution in [0.5, 0.6) is 0 Å². The van der Waals surface area contributed by atoms with Crippen molar-refractivity contribution in [2.45, 2.75) is 26.3 Å². The summed E-state index contributed by atoms with van der Waals surface area (Å²) in [7, 11) is -3.22. The minimum Gasteiger partial charge on any atom is -0.212 e. The molecule has 0 aliphatic rings. The smallest absolute Gasteiger partial charge is 0.212 e. The number of aryl methyl sites for hydroxylation is 1. The van der Waals surface area contributed by atoms with Gasteiger partial charge in [0.15, 0.2) is 0 Å². The number of hydrogen-bond donors (Lipinski definition) is 0. The number of thiophene rings is 1. The van der Waals surface area contributed by atoms with Crippen LogP contribution in [0.1, 0.15) is 24.5 Å². The first-order valence-corrected chi connectivity index (χ1v) is 9.70. The molecule has 0 atom stereocenters. The zero-order valence-electron chi connectivity index (χ0n) is 12.2. The number of hydrogen-bond acceptors (Lipinski definition) is 3. The number of sulfonamides is 1. The van der Waals surface area contributed by atoms with Gasteiger partial charge in [-0.3, -0.25) is 0 Å². The molecule has 2 aromatic rings. The molecule has 21 heavy (non-hydrogen) atoms. The van der Waals surface area contributed by atoms with E-state index in [1.54, 1.807) is 15.6 Å². The summed E-state index contributed by atoms with van der Waals surface area (Å²) in [6, 6.07) is 11.8. The lowest BCUT2D eigenvalue weighted by atomic mass is 10.2. The van der Waals surface area contributed by atoms with Crippen molar-refractivity contribution in [2.24, 2.45) is 0 Å². The fourth-order valence-corrected chi connectivity index (χ4v) is 4.39. The van der Waals surface area contributed by atoms with Crippen LogP contribution in [0.4, 0.5) is 0 Å². The molecule has 1 aromatic carbocycles. The zero-order valence-corrected chi connectivity index (χ0v) is 13.9. The summed E-state index contributed by atoms with van der Waals surface area (Å²) in [5, 5.41) is 3.99. The Morgan fingerprint density at radius 3 is 2.48 bits per heavy atom. The van der Waals surface area contributed by atoms with Gasteiger partial charge in [-0.05, 0) is 40.8 Å². The topological polar surface area (TPSA) is 37.4 Å². The van der Waals surface area contributed by atoms with E-state index in [4.69, 9.17) is 0 Å². The second-order valence-corrected chi connectivity index (χ2v) is 7.89. The van der Waals surface area contributed by atoms with E-state index >= 15 is 0 Å². The van der Waals surface area contributed by atoms with Gasteiger partial charge >= 0.3 is 0 Å².